The molecule has 1 saturated heterocycles. The average Bonchev–Trinajstić information content (AvgIpc) is 2.86. The molecule has 1 aromatic heterocycles. The van der Waals surface area contributed by atoms with Gasteiger partial charge in [-0.05, 0) is 24.7 Å². The van der Waals surface area contributed by atoms with E-state index >= 15 is 0 Å². The quantitative estimate of drug-likeness (QED) is 0.857. The van der Waals surface area contributed by atoms with Crippen molar-refractivity contribution in [1.29, 1.82) is 0 Å². The van der Waals surface area contributed by atoms with Crippen LogP contribution in [0.4, 0.5) is 0 Å². The van der Waals surface area contributed by atoms with Gasteiger partial charge in [0.25, 0.3) is 0 Å². The standard InChI is InChI=1S/C17H29N3O2/c1-12-9-13(2)11-20(10-12)15(21)8-6-7-14-18-16(19-22-14)17(3,4)5/h12-13H,6-11H2,1-5H3/t12-,13-/m1/s1. The molecule has 0 radical (unpaired) electrons. The first-order chi connectivity index (χ1) is 10.3. The van der Waals surface area contributed by atoms with Crippen LogP contribution in [0, 0.1) is 11.8 Å². The first kappa shape index (κ1) is 17.0. The molecule has 1 fully saturated rings. The van der Waals surface area contributed by atoms with Gasteiger partial charge in [0.15, 0.2) is 5.82 Å². The third kappa shape index (κ3) is 4.55. The minimum atomic E-state index is -0.0996. The SMILES string of the molecule is C[C@@H]1C[C@@H](C)CN(C(=O)CCCc2nc(C(C)(C)C)no2)C1. The summed E-state index contributed by atoms with van der Waals surface area (Å²) in [5.41, 5.74) is -0.0996. The van der Waals surface area contributed by atoms with Gasteiger partial charge in [0.05, 0.1) is 0 Å². The van der Waals surface area contributed by atoms with Crippen molar-refractivity contribution in [2.45, 2.75) is 65.7 Å². The molecule has 2 heterocycles. The molecule has 0 aromatic carbocycles. The van der Waals surface area contributed by atoms with E-state index in [2.05, 4.69) is 44.8 Å². The van der Waals surface area contributed by atoms with Crippen LogP contribution in [0.15, 0.2) is 4.52 Å². The number of hydrogen-bond acceptors (Lipinski definition) is 4. The van der Waals surface area contributed by atoms with Crippen molar-refractivity contribution < 1.29 is 9.32 Å². The van der Waals surface area contributed by atoms with Crippen LogP contribution in [0.1, 0.15) is 65.6 Å². The van der Waals surface area contributed by atoms with Crippen molar-refractivity contribution in [1.82, 2.24) is 15.0 Å². The molecule has 0 spiro atoms. The van der Waals surface area contributed by atoms with Gasteiger partial charge in [-0.15, -0.1) is 0 Å². The molecule has 0 aliphatic carbocycles. The van der Waals surface area contributed by atoms with Gasteiger partial charge in [0.2, 0.25) is 11.8 Å². The lowest BCUT2D eigenvalue weighted by atomic mass is 9.91. The number of likely N-dealkylation sites (tertiary alicyclic amines) is 1. The fourth-order valence-corrected chi connectivity index (χ4v) is 3.08. The lowest BCUT2D eigenvalue weighted by Crippen LogP contribution is -2.42. The fraction of sp³-hybridized carbons (Fsp3) is 0.824. The van der Waals surface area contributed by atoms with Crippen LogP contribution in [0.5, 0.6) is 0 Å². The summed E-state index contributed by atoms with van der Waals surface area (Å²) in [4.78, 5) is 18.7. The zero-order valence-electron chi connectivity index (χ0n) is 14.6. The van der Waals surface area contributed by atoms with Gasteiger partial charge in [0.1, 0.15) is 0 Å². The van der Waals surface area contributed by atoms with Crippen LogP contribution in [0.3, 0.4) is 0 Å². The molecule has 22 heavy (non-hydrogen) atoms. The largest absolute Gasteiger partial charge is 0.342 e. The first-order valence-corrected chi connectivity index (χ1v) is 8.36. The number of carbonyl (C=O) groups excluding carboxylic acids is 1. The van der Waals surface area contributed by atoms with Crippen molar-refractivity contribution in [3.05, 3.63) is 11.7 Å². The average molecular weight is 307 g/mol. The van der Waals surface area contributed by atoms with Gasteiger partial charge < -0.3 is 9.42 Å². The van der Waals surface area contributed by atoms with E-state index < -0.39 is 0 Å². The molecule has 1 amide bonds. The number of amides is 1. The lowest BCUT2D eigenvalue weighted by Gasteiger charge is -2.35. The van der Waals surface area contributed by atoms with Gasteiger partial charge in [-0.3, -0.25) is 4.79 Å². The van der Waals surface area contributed by atoms with Crippen molar-refractivity contribution in [3.8, 4) is 0 Å². The Morgan fingerprint density at radius 3 is 2.45 bits per heavy atom. The van der Waals surface area contributed by atoms with Gasteiger partial charge in [-0.2, -0.15) is 4.98 Å². The van der Waals surface area contributed by atoms with E-state index in [4.69, 9.17) is 4.52 Å². The summed E-state index contributed by atoms with van der Waals surface area (Å²) in [6, 6.07) is 0. The van der Waals surface area contributed by atoms with Crippen LogP contribution in [-0.4, -0.2) is 34.0 Å². The number of rotatable bonds is 4. The van der Waals surface area contributed by atoms with Crippen LogP contribution < -0.4 is 0 Å². The molecular formula is C17H29N3O2. The molecule has 124 valence electrons. The highest BCUT2D eigenvalue weighted by atomic mass is 16.5. The molecule has 1 aliphatic rings. The van der Waals surface area contributed by atoms with Gasteiger partial charge in [-0.25, -0.2) is 0 Å². The molecule has 0 unspecified atom stereocenters. The van der Waals surface area contributed by atoms with Gasteiger partial charge >= 0.3 is 0 Å². The molecule has 2 atom stereocenters. The molecule has 5 heteroatoms. The predicted molar refractivity (Wildman–Crippen MR) is 85.5 cm³/mol. The second-order valence-corrected chi connectivity index (χ2v) is 7.86. The molecule has 2 rings (SSSR count). The minimum Gasteiger partial charge on any atom is -0.342 e. The highest BCUT2D eigenvalue weighted by Crippen LogP contribution is 2.22. The third-order valence-electron chi connectivity index (χ3n) is 4.14. The molecule has 0 saturated carbocycles. The van der Waals surface area contributed by atoms with Crippen molar-refractivity contribution in [2.24, 2.45) is 11.8 Å². The summed E-state index contributed by atoms with van der Waals surface area (Å²) < 4.78 is 5.27. The Labute approximate surface area is 133 Å². The topological polar surface area (TPSA) is 59.2 Å². The lowest BCUT2D eigenvalue weighted by molar-refractivity contribution is -0.134. The van der Waals surface area contributed by atoms with Crippen molar-refractivity contribution in [3.63, 3.8) is 0 Å². The Hall–Kier alpha value is -1.39. The first-order valence-electron chi connectivity index (χ1n) is 8.36. The summed E-state index contributed by atoms with van der Waals surface area (Å²) >= 11 is 0. The Kier molecular flexibility index (Phi) is 5.24. The Balaban J connectivity index is 1.78. The van der Waals surface area contributed by atoms with E-state index in [1.165, 1.54) is 6.42 Å². The highest BCUT2D eigenvalue weighted by molar-refractivity contribution is 5.76. The summed E-state index contributed by atoms with van der Waals surface area (Å²) in [6.07, 6.45) is 3.23. The number of carbonyl (C=O) groups is 1. The highest BCUT2D eigenvalue weighted by Gasteiger charge is 2.25. The monoisotopic (exact) mass is 307 g/mol. The van der Waals surface area contributed by atoms with E-state index in [9.17, 15) is 4.79 Å². The van der Waals surface area contributed by atoms with Crippen LogP contribution in [-0.2, 0) is 16.6 Å². The van der Waals surface area contributed by atoms with Crippen LogP contribution in [0.2, 0.25) is 0 Å². The zero-order chi connectivity index (χ0) is 16.3. The number of aryl methyl sites for hydroxylation is 1. The van der Waals surface area contributed by atoms with E-state index in [0.717, 1.165) is 25.3 Å². The van der Waals surface area contributed by atoms with Crippen LogP contribution >= 0.6 is 0 Å². The maximum absolute atomic E-state index is 12.3. The van der Waals surface area contributed by atoms with Crippen molar-refractivity contribution in [2.75, 3.05) is 13.1 Å². The Morgan fingerprint density at radius 1 is 1.27 bits per heavy atom. The molecular weight excluding hydrogens is 278 g/mol. The second kappa shape index (κ2) is 6.80. The summed E-state index contributed by atoms with van der Waals surface area (Å²) in [7, 11) is 0. The summed E-state index contributed by atoms with van der Waals surface area (Å²) in [5, 5.41) is 4.01. The normalized spacial score (nSPS) is 22.9. The minimum absolute atomic E-state index is 0.0996. The predicted octanol–water partition coefficient (Wildman–Crippen LogP) is 3.19. The molecule has 1 aromatic rings. The van der Waals surface area contributed by atoms with E-state index in [1.54, 1.807) is 0 Å². The number of aromatic nitrogens is 2. The Bertz CT molecular complexity index is 494. The van der Waals surface area contributed by atoms with E-state index in [1.807, 2.05) is 4.90 Å². The number of nitrogens with zero attached hydrogens (tertiary/aromatic N) is 3. The number of hydrogen-bond donors (Lipinski definition) is 0. The second-order valence-electron chi connectivity index (χ2n) is 7.86. The van der Waals surface area contributed by atoms with Gasteiger partial charge in [0, 0.05) is 31.3 Å². The summed E-state index contributed by atoms with van der Waals surface area (Å²) in [6.45, 7) is 12.4. The Morgan fingerprint density at radius 2 is 1.91 bits per heavy atom. The molecule has 0 bridgehead atoms. The van der Waals surface area contributed by atoms with Gasteiger partial charge in [-0.1, -0.05) is 39.8 Å². The zero-order valence-corrected chi connectivity index (χ0v) is 14.6. The van der Waals surface area contributed by atoms with Crippen molar-refractivity contribution >= 4 is 5.91 Å². The molecule has 1 aliphatic heterocycles. The smallest absolute Gasteiger partial charge is 0.226 e. The molecule has 5 nitrogen and oxygen atoms in total. The molecule has 0 N–H and O–H groups in total. The third-order valence-corrected chi connectivity index (χ3v) is 4.14. The van der Waals surface area contributed by atoms with Crippen LogP contribution in [0.25, 0.3) is 0 Å². The maximum Gasteiger partial charge on any atom is 0.226 e. The number of piperidine rings is 1. The fourth-order valence-electron chi connectivity index (χ4n) is 3.08. The van der Waals surface area contributed by atoms with E-state index in [0.29, 0.717) is 30.6 Å². The summed E-state index contributed by atoms with van der Waals surface area (Å²) in [5.74, 6) is 2.84. The van der Waals surface area contributed by atoms with E-state index in [-0.39, 0.29) is 11.3 Å². The maximum atomic E-state index is 12.3.